The van der Waals surface area contributed by atoms with Crippen LogP contribution in [-0.2, 0) is 12.8 Å². The highest BCUT2D eigenvalue weighted by molar-refractivity contribution is 7.10. The predicted octanol–water partition coefficient (Wildman–Crippen LogP) is 3.71. The first kappa shape index (κ1) is 12.6. The molecular formula is C14H16ClNS. The van der Waals surface area contributed by atoms with E-state index in [-0.39, 0.29) is 18.4 Å². The molecule has 0 amide bonds. The minimum absolute atomic E-state index is 0. The number of hydrogen-bond donors (Lipinski definition) is 1. The fraction of sp³-hybridized carbons (Fsp3) is 0.286. The van der Waals surface area contributed by atoms with Gasteiger partial charge in [0.05, 0.1) is 6.04 Å². The van der Waals surface area contributed by atoms with E-state index in [4.69, 9.17) is 5.73 Å². The summed E-state index contributed by atoms with van der Waals surface area (Å²) in [5.41, 5.74) is 10.5. The molecule has 2 N–H and O–H groups in total. The van der Waals surface area contributed by atoms with E-state index in [1.807, 2.05) is 0 Å². The van der Waals surface area contributed by atoms with Crippen LogP contribution in [0.15, 0.2) is 35.7 Å². The molecule has 0 bridgehead atoms. The van der Waals surface area contributed by atoms with Crippen molar-refractivity contribution in [1.82, 2.24) is 0 Å². The highest BCUT2D eigenvalue weighted by Crippen LogP contribution is 2.28. The Morgan fingerprint density at radius 3 is 2.71 bits per heavy atom. The number of nitrogens with two attached hydrogens (primary N) is 1. The van der Waals surface area contributed by atoms with Crippen LogP contribution in [0.25, 0.3) is 0 Å². The Hall–Kier alpha value is -0.830. The maximum absolute atomic E-state index is 6.27. The molecule has 0 aliphatic heterocycles. The summed E-state index contributed by atoms with van der Waals surface area (Å²) in [5.74, 6) is 0. The van der Waals surface area contributed by atoms with Crippen molar-refractivity contribution in [1.29, 1.82) is 0 Å². The summed E-state index contributed by atoms with van der Waals surface area (Å²) in [4.78, 5) is 1.25. The molecular weight excluding hydrogens is 250 g/mol. The van der Waals surface area contributed by atoms with Gasteiger partial charge < -0.3 is 5.73 Å². The van der Waals surface area contributed by atoms with Gasteiger partial charge in [-0.05, 0) is 47.4 Å². The Kier molecular flexibility index (Phi) is 3.87. The molecule has 1 aliphatic carbocycles. The summed E-state index contributed by atoms with van der Waals surface area (Å²) in [6, 6.07) is 11.0. The van der Waals surface area contributed by atoms with E-state index in [1.54, 1.807) is 11.3 Å². The van der Waals surface area contributed by atoms with E-state index >= 15 is 0 Å². The van der Waals surface area contributed by atoms with Crippen LogP contribution in [0.3, 0.4) is 0 Å². The highest BCUT2D eigenvalue weighted by atomic mass is 35.5. The van der Waals surface area contributed by atoms with Crippen LogP contribution in [-0.4, -0.2) is 0 Å². The van der Waals surface area contributed by atoms with Gasteiger partial charge in [0, 0.05) is 4.88 Å². The first-order valence-corrected chi connectivity index (χ1v) is 6.63. The quantitative estimate of drug-likeness (QED) is 0.880. The number of aryl methyl sites for hydroxylation is 2. The fourth-order valence-corrected chi connectivity index (χ4v) is 3.17. The first-order valence-electron chi connectivity index (χ1n) is 5.75. The summed E-state index contributed by atoms with van der Waals surface area (Å²) in [7, 11) is 0. The minimum Gasteiger partial charge on any atom is -0.320 e. The smallest absolute Gasteiger partial charge is 0.0646 e. The zero-order valence-electron chi connectivity index (χ0n) is 9.56. The van der Waals surface area contributed by atoms with Gasteiger partial charge in [-0.3, -0.25) is 0 Å². The van der Waals surface area contributed by atoms with Crippen molar-refractivity contribution in [3.8, 4) is 0 Å². The number of benzene rings is 1. The molecule has 1 atom stereocenters. The zero-order valence-corrected chi connectivity index (χ0v) is 11.2. The first-order chi connectivity index (χ1) is 7.84. The van der Waals surface area contributed by atoms with E-state index in [0.29, 0.717) is 0 Å². The van der Waals surface area contributed by atoms with Crippen LogP contribution < -0.4 is 5.73 Å². The van der Waals surface area contributed by atoms with Crippen molar-refractivity contribution in [2.45, 2.75) is 25.3 Å². The van der Waals surface area contributed by atoms with E-state index in [9.17, 15) is 0 Å². The highest BCUT2D eigenvalue weighted by Gasteiger charge is 2.15. The van der Waals surface area contributed by atoms with Gasteiger partial charge in [-0.1, -0.05) is 24.3 Å². The molecule has 1 unspecified atom stereocenters. The molecule has 2 aromatic rings. The number of fused-ring (bicyclic) bond motifs is 1. The van der Waals surface area contributed by atoms with Crippen molar-refractivity contribution < 1.29 is 0 Å². The average Bonchev–Trinajstić information content (AvgIpc) is 2.98. The predicted molar refractivity (Wildman–Crippen MR) is 76.1 cm³/mol. The van der Waals surface area contributed by atoms with Crippen LogP contribution in [0.1, 0.15) is 34.0 Å². The zero-order chi connectivity index (χ0) is 11.0. The number of rotatable bonds is 2. The normalized spacial score (nSPS) is 15.1. The molecule has 1 nitrogen and oxygen atoms in total. The lowest BCUT2D eigenvalue weighted by Crippen LogP contribution is -2.10. The standard InChI is InChI=1S/C14H15NS.ClH/c15-14(13-5-2-8-16-13)12-7-6-10-3-1-4-11(10)9-12;/h2,5-9,14H,1,3-4,15H2;1H. The largest absolute Gasteiger partial charge is 0.320 e. The van der Waals surface area contributed by atoms with Crippen LogP contribution in [0.5, 0.6) is 0 Å². The van der Waals surface area contributed by atoms with Crippen molar-refractivity contribution in [2.24, 2.45) is 5.73 Å². The third-order valence-electron chi connectivity index (χ3n) is 3.33. The Balaban J connectivity index is 0.00000108. The fourth-order valence-electron chi connectivity index (χ4n) is 2.42. The molecule has 1 aromatic heterocycles. The summed E-state index contributed by atoms with van der Waals surface area (Å²) in [6.07, 6.45) is 3.76. The lowest BCUT2D eigenvalue weighted by atomic mass is 10.0. The van der Waals surface area contributed by atoms with E-state index in [1.165, 1.54) is 40.8 Å². The molecule has 1 heterocycles. The number of halogens is 1. The Morgan fingerprint density at radius 2 is 1.94 bits per heavy atom. The van der Waals surface area contributed by atoms with Gasteiger partial charge in [0.1, 0.15) is 0 Å². The van der Waals surface area contributed by atoms with Crippen LogP contribution in [0.2, 0.25) is 0 Å². The molecule has 1 aliphatic rings. The van der Waals surface area contributed by atoms with Gasteiger partial charge in [-0.2, -0.15) is 0 Å². The van der Waals surface area contributed by atoms with E-state index in [0.717, 1.165) is 0 Å². The number of hydrogen-bond acceptors (Lipinski definition) is 2. The molecule has 1 aromatic carbocycles. The Labute approximate surface area is 112 Å². The van der Waals surface area contributed by atoms with Crippen molar-refractivity contribution in [3.63, 3.8) is 0 Å². The van der Waals surface area contributed by atoms with Crippen molar-refractivity contribution in [2.75, 3.05) is 0 Å². The molecule has 17 heavy (non-hydrogen) atoms. The monoisotopic (exact) mass is 265 g/mol. The minimum atomic E-state index is 0. The van der Waals surface area contributed by atoms with Crippen LogP contribution in [0, 0.1) is 0 Å². The lowest BCUT2D eigenvalue weighted by molar-refractivity contribution is 0.887. The second-order valence-electron chi connectivity index (χ2n) is 4.37. The summed E-state index contributed by atoms with van der Waals surface area (Å²) in [5, 5.41) is 2.09. The topological polar surface area (TPSA) is 26.0 Å². The van der Waals surface area contributed by atoms with E-state index < -0.39 is 0 Å². The summed E-state index contributed by atoms with van der Waals surface area (Å²) >= 11 is 1.73. The maximum Gasteiger partial charge on any atom is 0.0646 e. The maximum atomic E-state index is 6.27. The third kappa shape index (κ3) is 2.39. The van der Waals surface area contributed by atoms with E-state index in [2.05, 4.69) is 35.7 Å². The third-order valence-corrected chi connectivity index (χ3v) is 4.29. The van der Waals surface area contributed by atoms with Crippen molar-refractivity contribution in [3.05, 3.63) is 57.3 Å². The second kappa shape index (κ2) is 5.21. The van der Waals surface area contributed by atoms with Gasteiger partial charge in [0.2, 0.25) is 0 Å². The van der Waals surface area contributed by atoms with Gasteiger partial charge in [0.25, 0.3) is 0 Å². The van der Waals surface area contributed by atoms with Gasteiger partial charge in [-0.25, -0.2) is 0 Å². The lowest BCUT2D eigenvalue weighted by Gasteiger charge is -2.11. The molecule has 0 spiro atoms. The Bertz CT molecular complexity index is 493. The molecule has 0 saturated heterocycles. The molecule has 0 saturated carbocycles. The SMILES string of the molecule is Cl.NC(c1ccc2c(c1)CCC2)c1cccs1. The van der Waals surface area contributed by atoms with Crippen molar-refractivity contribution >= 4 is 23.7 Å². The molecule has 0 radical (unpaired) electrons. The molecule has 90 valence electrons. The van der Waals surface area contributed by atoms with Gasteiger partial charge in [0.15, 0.2) is 0 Å². The van der Waals surface area contributed by atoms with Gasteiger partial charge in [-0.15, -0.1) is 23.7 Å². The second-order valence-corrected chi connectivity index (χ2v) is 5.35. The summed E-state index contributed by atoms with van der Waals surface area (Å²) in [6.45, 7) is 0. The summed E-state index contributed by atoms with van der Waals surface area (Å²) < 4.78 is 0. The average molecular weight is 266 g/mol. The Morgan fingerprint density at radius 1 is 1.12 bits per heavy atom. The molecule has 3 heteroatoms. The number of thiophene rings is 1. The molecule has 0 fully saturated rings. The van der Waals surface area contributed by atoms with Crippen LogP contribution >= 0.6 is 23.7 Å². The molecule has 3 rings (SSSR count). The van der Waals surface area contributed by atoms with Crippen LogP contribution in [0.4, 0.5) is 0 Å². The van der Waals surface area contributed by atoms with Gasteiger partial charge >= 0.3 is 0 Å².